The monoisotopic (exact) mass is 318 g/mol. The van der Waals surface area contributed by atoms with Crippen LogP contribution in [0.25, 0.3) is 0 Å². The molecule has 7 nitrogen and oxygen atoms in total. The van der Waals surface area contributed by atoms with Gasteiger partial charge in [-0.3, -0.25) is 14.4 Å². The molecule has 0 aromatic heterocycles. The van der Waals surface area contributed by atoms with E-state index in [2.05, 4.69) is 5.32 Å². The Morgan fingerprint density at radius 3 is 2.43 bits per heavy atom. The molecule has 3 amide bonds. The van der Waals surface area contributed by atoms with Crippen molar-refractivity contribution >= 4 is 17.7 Å². The van der Waals surface area contributed by atoms with Crippen molar-refractivity contribution in [2.24, 2.45) is 17.4 Å². The molecule has 1 heterocycles. The summed E-state index contributed by atoms with van der Waals surface area (Å²) < 4.78 is 0. The number of likely N-dealkylation sites (tertiary alicyclic amines) is 1. The lowest BCUT2D eigenvalue weighted by atomic mass is 9.96. The summed E-state index contributed by atoms with van der Waals surface area (Å²) in [5.74, 6) is -1.76. The number of rotatable bonds is 4. The van der Waals surface area contributed by atoms with Crippen LogP contribution in [0.15, 0.2) is 24.3 Å². The van der Waals surface area contributed by atoms with Crippen LogP contribution in [0.2, 0.25) is 0 Å². The first kappa shape index (κ1) is 17.0. The quantitative estimate of drug-likeness (QED) is 0.648. The van der Waals surface area contributed by atoms with Gasteiger partial charge in [0.15, 0.2) is 0 Å². The number of amides is 3. The summed E-state index contributed by atoms with van der Waals surface area (Å²) >= 11 is 0. The van der Waals surface area contributed by atoms with E-state index in [-0.39, 0.29) is 18.4 Å². The maximum atomic E-state index is 12.1. The van der Waals surface area contributed by atoms with Gasteiger partial charge >= 0.3 is 11.8 Å². The van der Waals surface area contributed by atoms with Gasteiger partial charge in [0.2, 0.25) is 5.91 Å². The Morgan fingerprint density at radius 1 is 1.17 bits per heavy atom. The molecule has 1 aromatic rings. The molecule has 1 saturated heterocycles. The zero-order valence-electron chi connectivity index (χ0n) is 13.0. The normalized spacial score (nSPS) is 15.3. The van der Waals surface area contributed by atoms with Crippen molar-refractivity contribution in [1.82, 2.24) is 10.2 Å². The molecular formula is C16H22N4O3. The molecule has 23 heavy (non-hydrogen) atoms. The zero-order valence-corrected chi connectivity index (χ0v) is 13.0. The molecule has 0 atom stereocenters. The molecule has 0 saturated carbocycles. The standard InChI is InChI=1S/C16H22N4O3/c17-9-11-2-1-3-12(8-11)10-19-15(22)16(23)20-6-4-13(5-7-20)14(18)21/h1-3,8,13H,4-7,9-10,17H2,(H2,18,21)(H,19,22). The van der Waals surface area contributed by atoms with Gasteiger partial charge in [-0.2, -0.15) is 0 Å². The highest BCUT2D eigenvalue weighted by molar-refractivity contribution is 6.35. The Hall–Kier alpha value is -2.41. The lowest BCUT2D eigenvalue weighted by Gasteiger charge is -2.29. The fourth-order valence-corrected chi connectivity index (χ4v) is 2.64. The van der Waals surface area contributed by atoms with Crippen LogP contribution in [-0.2, 0) is 27.5 Å². The molecule has 124 valence electrons. The second-order valence-corrected chi connectivity index (χ2v) is 5.68. The average molecular weight is 318 g/mol. The summed E-state index contributed by atoms with van der Waals surface area (Å²) in [5, 5.41) is 2.62. The van der Waals surface area contributed by atoms with Gasteiger partial charge in [-0.25, -0.2) is 0 Å². The highest BCUT2D eigenvalue weighted by Crippen LogP contribution is 2.16. The molecule has 7 heteroatoms. The summed E-state index contributed by atoms with van der Waals surface area (Å²) in [6, 6.07) is 7.52. The van der Waals surface area contributed by atoms with E-state index in [1.807, 2.05) is 24.3 Å². The van der Waals surface area contributed by atoms with Gasteiger partial charge in [0, 0.05) is 32.1 Å². The van der Waals surface area contributed by atoms with E-state index in [1.165, 1.54) is 4.90 Å². The lowest BCUT2D eigenvalue weighted by molar-refractivity contribution is -0.147. The SMILES string of the molecule is NCc1cccc(CNC(=O)C(=O)N2CCC(C(N)=O)CC2)c1. The minimum atomic E-state index is -0.638. The summed E-state index contributed by atoms with van der Waals surface area (Å²) in [7, 11) is 0. The maximum Gasteiger partial charge on any atom is 0.311 e. The smallest absolute Gasteiger partial charge is 0.311 e. The molecule has 0 radical (unpaired) electrons. The van der Waals surface area contributed by atoms with Crippen LogP contribution in [0.4, 0.5) is 0 Å². The molecule has 1 aromatic carbocycles. The van der Waals surface area contributed by atoms with E-state index in [0.717, 1.165) is 11.1 Å². The summed E-state index contributed by atoms with van der Waals surface area (Å²) in [6.07, 6.45) is 1.01. The number of nitrogens with one attached hydrogen (secondary N) is 1. The molecule has 0 spiro atoms. The third kappa shape index (κ3) is 4.53. The zero-order chi connectivity index (χ0) is 16.8. The lowest BCUT2D eigenvalue weighted by Crippen LogP contribution is -2.47. The van der Waals surface area contributed by atoms with Crippen molar-refractivity contribution in [3.05, 3.63) is 35.4 Å². The summed E-state index contributed by atoms with van der Waals surface area (Å²) in [6.45, 7) is 1.46. The van der Waals surface area contributed by atoms with Crippen molar-refractivity contribution in [2.75, 3.05) is 13.1 Å². The molecule has 1 aliphatic rings. The maximum absolute atomic E-state index is 12.1. The fraction of sp³-hybridized carbons (Fsp3) is 0.438. The predicted molar refractivity (Wildman–Crippen MR) is 84.7 cm³/mol. The number of primary amides is 1. The number of hydrogen-bond donors (Lipinski definition) is 3. The van der Waals surface area contributed by atoms with Crippen LogP contribution in [0, 0.1) is 5.92 Å². The largest absolute Gasteiger partial charge is 0.369 e. The minimum absolute atomic E-state index is 0.207. The van der Waals surface area contributed by atoms with E-state index < -0.39 is 11.8 Å². The van der Waals surface area contributed by atoms with E-state index in [0.29, 0.717) is 32.5 Å². The van der Waals surface area contributed by atoms with Gasteiger partial charge in [0.25, 0.3) is 0 Å². The second kappa shape index (κ2) is 7.73. The highest BCUT2D eigenvalue weighted by Gasteiger charge is 2.28. The van der Waals surface area contributed by atoms with Crippen molar-refractivity contribution in [3.63, 3.8) is 0 Å². The number of hydrogen-bond acceptors (Lipinski definition) is 4. The Labute approximate surface area is 135 Å². The summed E-state index contributed by atoms with van der Waals surface area (Å²) in [5.41, 5.74) is 12.7. The van der Waals surface area contributed by atoms with E-state index in [1.54, 1.807) is 0 Å². The van der Waals surface area contributed by atoms with Gasteiger partial charge in [0.05, 0.1) is 0 Å². The molecule has 1 fully saturated rings. The second-order valence-electron chi connectivity index (χ2n) is 5.68. The third-order valence-electron chi connectivity index (χ3n) is 4.06. The van der Waals surface area contributed by atoms with Crippen molar-refractivity contribution in [2.45, 2.75) is 25.9 Å². The van der Waals surface area contributed by atoms with Gasteiger partial charge in [-0.05, 0) is 24.0 Å². The van der Waals surface area contributed by atoms with E-state index in [4.69, 9.17) is 11.5 Å². The first-order valence-corrected chi connectivity index (χ1v) is 7.65. The minimum Gasteiger partial charge on any atom is -0.369 e. The molecular weight excluding hydrogens is 296 g/mol. The number of piperidine rings is 1. The summed E-state index contributed by atoms with van der Waals surface area (Å²) in [4.78, 5) is 36.6. The number of nitrogens with two attached hydrogens (primary N) is 2. The van der Waals surface area contributed by atoms with Crippen molar-refractivity contribution in [3.8, 4) is 0 Å². The van der Waals surface area contributed by atoms with Crippen LogP contribution < -0.4 is 16.8 Å². The third-order valence-corrected chi connectivity index (χ3v) is 4.06. The highest BCUT2D eigenvalue weighted by atomic mass is 16.2. The molecule has 0 unspecified atom stereocenters. The van der Waals surface area contributed by atoms with Gasteiger partial charge in [-0.15, -0.1) is 0 Å². The molecule has 1 aliphatic heterocycles. The molecule has 0 aliphatic carbocycles. The molecule has 5 N–H and O–H groups in total. The van der Waals surface area contributed by atoms with Crippen LogP contribution in [-0.4, -0.2) is 35.7 Å². The average Bonchev–Trinajstić information content (AvgIpc) is 2.59. The van der Waals surface area contributed by atoms with Crippen molar-refractivity contribution < 1.29 is 14.4 Å². The van der Waals surface area contributed by atoms with Gasteiger partial charge < -0.3 is 21.7 Å². The Kier molecular flexibility index (Phi) is 5.70. The van der Waals surface area contributed by atoms with Gasteiger partial charge in [0.1, 0.15) is 0 Å². The number of benzene rings is 1. The number of nitrogens with zero attached hydrogens (tertiary/aromatic N) is 1. The van der Waals surface area contributed by atoms with Gasteiger partial charge in [-0.1, -0.05) is 24.3 Å². The van der Waals surface area contributed by atoms with E-state index in [9.17, 15) is 14.4 Å². The van der Waals surface area contributed by atoms with Crippen LogP contribution in [0.1, 0.15) is 24.0 Å². The predicted octanol–water partition coefficient (Wildman–Crippen LogP) is -0.515. The first-order chi connectivity index (χ1) is 11.0. The van der Waals surface area contributed by atoms with Crippen LogP contribution >= 0.6 is 0 Å². The number of carbonyl (C=O) groups is 3. The first-order valence-electron chi connectivity index (χ1n) is 7.65. The topological polar surface area (TPSA) is 119 Å². The van der Waals surface area contributed by atoms with Crippen molar-refractivity contribution in [1.29, 1.82) is 0 Å². The molecule has 2 rings (SSSR count). The van der Waals surface area contributed by atoms with Crippen LogP contribution in [0.3, 0.4) is 0 Å². The Bertz CT molecular complexity index is 595. The molecule has 0 bridgehead atoms. The Balaban J connectivity index is 1.83. The Morgan fingerprint density at radius 2 is 1.83 bits per heavy atom. The number of carbonyl (C=O) groups excluding carboxylic acids is 3. The van der Waals surface area contributed by atoms with E-state index >= 15 is 0 Å². The fourth-order valence-electron chi connectivity index (χ4n) is 2.64. The van der Waals surface area contributed by atoms with Crippen LogP contribution in [0.5, 0.6) is 0 Å².